The molecule has 26 heavy (non-hydrogen) atoms. The van der Waals surface area contributed by atoms with Crippen molar-refractivity contribution in [2.75, 3.05) is 11.5 Å². The van der Waals surface area contributed by atoms with E-state index in [0.29, 0.717) is 6.54 Å². The van der Waals surface area contributed by atoms with Crippen molar-refractivity contribution in [1.82, 2.24) is 5.32 Å². The zero-order valence-corrected chi connectivity index (χ0v) is 15.9. The molecule has 1 saturated heterocycles. The fourth-order valence-electron chi connectivity index (χ4n) is 3.13. The molecule has 2 aromatic carbocycles. The summed E-state index contributed by atoms with van der Waals surface area (Å²) >= 11 is 0. The Labute approximate surface area is 153 Å². The van der Waals surface area contributed by atoms with E-state index < -0.39 is 42.5 Å². The second kappa shape index (κ2) is 7.09. The highest BCUT2D eigenvalue weighted by molar-refractivity contribution is 7.96. The fraction of sp³-hybridized carbons (Fsp3) is 0.333. The average molecular weight is 397 g/mol. The van der Waals surface area contributed by atoms with E-state index >= 15 is 0 Å². The largest absolute Gasteiger partial charge is 0.308 e. The first-order valence-electron chi connectivity index (χ1n) is 8.17. The number of halogens is 1. The Morgan fingerprint density at radius 1 is 1.12 bits per heavy atom. The van der Waals surface area contributed by atoms with Crippen LogP contribution in [0.3, 0.4) is 0 Å². The first-order chi connectivity index (χ1) is 12.2. The highest BCUT2D eigenvalue weighted by Gasteiger charge is 2.45. The second-order valence-electron chi connectivity index (χ2n) is 6.54. The third-order valence-corrected chi connectivity index (χ3v) is 8.72. The Bertz CT molecular complexity index is 1000. The molecule has 0 amide bonds. The summed E-state index contributed by atoms with van der Waals surface area (Å²) in [6.45, 7) is 1.85. The van der Waals surface area contributed by atoms with Gasteiger partial charge in [-0.2, -0.15) is 0 Å². The van der Waals surface area contributed by atoms with Crippen molar-refractivity contribution < 1.29 is 21.2 Å². The zero-order chi connectivity index (χ0) is 18.9. The van der Waals surface area contributed by atoms with Crippen molar-refractivity contribution in [3.63, 3.8) is 0 Å². The fourth-order valence-corrected chi connectivity index (χ4v) is 7.93. The molecule has 0 unspecified atom stereocenters. The van der Waals surface area contributed by atoms with Gasteiger partial charge in [0.15, 0.2) is 19.7 Å². The third-order valence-electron chi connectivity index (χ3n) is 4.57. The summed E-state index contributed by atoms with van der Waals surface area (Å²) in [5, 5.41) is 1.98. The normalized spacial score (nSPS) is 22.4. The monoisotopic (exact) mass is 397 g/mol. The van der Waals surface area contributed by atoms with E-state index in [2.05, 4.69) is 5.32 Å². The van der Waals surface area contributed by atoms with Gasteiger partial charge in [0, 0.05) is 12.6 Å². The average Bonchev–Trinajstić information content (AvgIpc) is 2.92. The van der Waals surface area contributed by atoms with Crippen LogP contribution < -0.4 is 5.32 Å². The van der Waals surface area contributed by atoms with Crippen LogP contribution in [0.1, 0.15) is 11.1 Å². The van der Waals surface area contributed by atoms with Gasteiger partial charge in [-0.15, -0.1) is 0 Å². The van der Waals surface area contributed by atoms with E-state index in [1.165, 1.54) is 19.1 Å². The molecule has 1 fully saturated rings. The lowest BCUT2D eigenvalue weighted by Gasteiger charge is -2.20. The molecular formula is C18H20FNO4S2. The number of sulfone groups is 2. The van der Waals surface area contributed by atoms with Gasteiger partial charge in [0.25, 0.3) is 0 Å². The molecule has 0 bridgehead atoms. The van der Waals surface area contributed by atoms with E-state index in [0.717, 1.165) is 11.6 Å². The Morgan fingerprint density at radius 3 is 2.46 bits per heavy atom. The molecule has 1 aliphatic heterocycles. The molecule has 2 aromatic rings. The highest BCUT2D eigenvalue weighted by atomic mass is 32.2. The minimum atomic E-state index is -3.91. The molecule has 5 nitrogen and oxygen atoms in total. The van der Waals surface area contributed by atoms with Gasteiger partial charge in [-0.3, -0.25) is 0 Å². The first kappa shape index (κ1) is 19.0. The summed E-state index contributed by atoms with van der Waals surface area (Å²) in [4.78, 5) is -0.0509. The maximum Gasteiger partial charge on any atom is 0.183 e. The smallest absolute Gasteiger partial charge is 0.183 e. The topological polar surface area (TPSA) is 80.3 Å². The van der Waals surface area contributed by atoms with Gasteiger partial charge in [0.05, 0.1) is 21.7 Å². The summed E-state index contributed by atoms with van der Waals surface area (Å²) in [6, 6.07) is 12.2. The van der Waals surface area contributed by atoms with Gasteiger partial charge in [-0.1, -0.05) is 30.3 Å². The molecule has 0 aromatic heterocycles. The van der Waals surface area contributed by atoms with Gasteiger partial charge in [0.2, 0.25) is 0 Å². The maximum absolute atomic E-state index is 13.5. The Kier molecular flexibility index (Phi) is 5.18. The summed E-state index contributed by atoms with van der Waals surface area (Å²) in [6.07, 6.45) is 0. The number of benzene rings is 2. The van der Waals surface area contributed by atoms with E-state index in [1.54, 1.807) is 0 Å². The molecule has 3 rings (SSSR count). The Balaban J connectivity index is 1.88. The molecule has 1 N–H and O–H groups in total. The van der Waals surface area contributed by atoms with Gasteiger partial charge >= 0.3 is 0 Å². The van der Waals surface area contributed by atoms with Gasteiger partial charge in [-0.25, -0.2) is 21.2 Å². The van der Waals surface area contributed by atoms with Crippen LogP contribution >= 0.6 is 0 Å². The molecule has 0 spiro atoms. The van der Waals surface area contributed by atoms with E-state index in [-0.39, 0.29) is 16.2 Å². The molecular weight excluding hydrogens is 377 g/mol. The minimum absolute atomic E-state index is 0.0509. The van der Waals surface area contributed by atoms with Crippen LogP contribution in [0.25, 0.3) is 0 Å². The second-order valence-corrected chi connectivity index (χ2v) is 10.9. The standard InChI is InChI=1S/C18H20FNO4S2/c1-13-9-15(7-8-16(13)19)26(23,24)18-12-25(21,22)11-17(18)20-10-14-5-3-2-4-6-14/h2-9,17-18,20H,10-12H2,1H3/t17-,18-/m1/s1. The van der Waals surface area contributed by atoms with E-state index in [9.17, 15) is 21.2 Å². The lowest BCUT2D eigenvalue weighted by Crippen LogP contribution is -2.43. The molecule has 8 heteroatoms. The van der Waals surface area contributed by atoms with Gasteiger partial charge < -0.3 is 5.32 Å². The van der Waals surface area contributed by atoms with Crippen molar-refractivity contribution in [2.45, 2.75) is 29.7 Å². The lowest BCUT2D eigenvalue weighted by molar-refractivity contribution is 0.525. The van der Waals surface area contributed by atoms with Crippen molar-refractivity contribution >= 4 is 19.7 Å². The lowest BCUT2D eigenvalue weighted by atomic mass is 10.2. The molecule has 140 valence electrons. The minimum Gasteiger partial charge on any atom is -0.308 e. The van der Waals surface area contributed by atoms with Gasteiger partial charge in [0.1, 0.15) is 5.82 Å². The number of rotatable bonds is 5. The molecule has 2 atom stereocenters. The maximum atomic E-state index is 13.5. The summed E-state index contributed by atoms with van der Waals surface area (Å²) in [7, 11) is -7.39. The van der Waals surface area contributed by atoms with Crippen LogP contribution in [0.2, 0.25) is 0 Å². The van der Waals surface area contributed by atoms with Crippen LogP contribution in [0.4, 0.5) is 4.39 Å². The third kappa shape index (κ3) is 3.97. The molecule has 0 saturated carbocycles. The summed E-state index contributed by atoms with van der Waals surface area (Å²) < 4.78 is 63.6. The Morgan fingerprint density at radius 2 is 1.81 bits per heavy atom. The zero-order valence-electron chi connectivity index (χ0n) is 14.2. The molecule has 0 radical (unpaired) electrons. The predicted octanol–water partition coefficient (Wildman–Crippen LogP) is 1.86. The number of aryl methyl sites for hydroxylation is 1. The number of hydrogen-bond acceptors (Lipinski definition) is 5. The van der Waals surface area contributed by atoms with Crippen LogP contribution in [0.15, 0.2) is 53.4 Å². The highest BCUT2D eigenvalue weighted by Crippen LogP contribution is 2.27. The van der Waals surface area contributed by atoms with Gasteiger partial charge in [-0.05, 0) is 36.2 Å². The SMILES string of the molecule is Cc1cc(S(=O)(=O)[C@@H]2CS(=O)(=O)C[C@H]2NCc2ccccc2)ccc1F. The molecule has 1 aliphatic rings. The number of nitrogens with one attached hydrogen (secondary N) is 1. The number of hydrogen-bond donors (Lipinski definition) is 1. The van der Waals surface area contributed by atoms with Crippen LogP contribution in [0.5, 0.6) is 0 Å². The van der Waals surface area contributed by atoms with E-state index in [4.69, 9.17) is 0 Å². The predicted molar refractivity (Wildman–Crippen MR) is 97.8 cm³/mol. The quantitative estimate of drug-likeness (QED) is 0.779. The van der Waals surface area contributed by atoms with Crippen LogP contribution in [-0.2, 0) is 26.2 Å². The van der Waals surface area contributed by atoms with Crippen LogP contribution in [0, 0.1) is 12.7 Å². The molecule has 1 heterocycles. The van der Waals surface area contributed by atoms with Crippen LogP contribution in [-0.4, -0.2) is 39.6 Å². The van der Waals surface area contributed by atoms with Crippen molar-refractivity contribution in [1.29, 1.82) is 0 Å². The summed E-state index contributed by atoms with van der Waals surface area (Å²) in [5.74, 6) is -1.16. The molecule has 0 aliphatic carbocycles. The summed E-state index contributed by atoms with van der Waals surface area (Å²) in [5.41, 5.74) is 1.14. The first-order valence-corrected chi connectivity index (χ1v) is 11.5. The van der Waals surface area contributed by atoms with Crippen molar-refractivity contribution in [2.24, 2.45) is 0 Å². The van der Waals surface area contributed by atoms with Crippen molar-refractivity contribution in [3.8, 4) is 0 Å². The van der Waals surface area contributed by atoms with Crippen molar-refractivity contribution in [3.05, 3.63) is 65.5 Å². The van der Waals surface area contributed by atoms with E-state index in [1.807, 2.05) is 30.3 Å². The Hall–Kier alpha value is -1.77.